The van der Waals surface area contributed by atoms with Crippen LogP contribution in [-0.2, 0) is 14.8 Å². The summed E-state index contributed by atoms with van der Waals surface area (Å²) >= 11 is 0. The fourth-order valence-electron chi connectivity index (χ4n) is 2.61. The average molecular weight is 361 g/mol. The number of rotatable bonds is 5. The summed E-state index contributed by atoms with van der Waals surface area (Å²) < 4.78 is 28.2. The van der Waals surface area contributed by atoms with E-state index in [1.807, 2.05) is 19.9 Å². The van der Waals surface area contributed by atoms with Crippen molar-refractivity contribution < 1.29 is 13.2 Å². The summed E-state index contributed by atoms with van der Waals surface area (Å²) in [4.78, 5) is 16.4. The standard InChI is InChI=1S/C18H23N3O3S/c1-11-10-12(2)14(4)17(13(11)3)25(23,24)21-15(5)18(22)20-16-6-8-19-9-7-16/h6-10,15,21H,1-5H3,(H,19,20,22)/t15-/m0/s1. The summed E-state index contributed by atoms with van der Waals surface area (Å²) in [6, 6.07) is 4.32. The first-order valence-electron chi connectivity index (χ1n) is 7.94. The molecule has 1 aromatic carbocycles. The molecule has 0 aliphatic rings. The van der Waals surface area contributed by atoms with Crippen molar-refractivity contribution in [2.75, 3.05) is 5.32 Å². The van der Waals surface area contributed by atoms with Gasteiger partial charge >= 0.3 is 0 Å². The van der Waals surface area contributed by atoms with Crippen molar-refractivity contribution in [3.63, 3.8) is 0 Å². The van der Waals surface area contributed by atoms with Gasteiger partial charge in [-0.05, 0) is 69.0 Å². The molecule has 0 bridgehead atoms. The number of carbonyl (C=O) groups is 1. The van der Waals surface area contributed by atoms with Crippen molar-refractivity contribution in [2.24, 2.45) is 0 Å². The lowest BCUT2D eigenvalue weighted by molar-refractivity contribution is -0.117. The molecule has 0 saturated carbocycles. The third-order valence-electron chi connectivity index (χ3n) is 4.24. The fourth-order valence-corrected chi connectivity index (χ4v) is 4.43. The molecule has 7 heteroatoms. The van der Waals surface area contributed by atoms with E-state index in [2.05, 4.69) is 15.0 Å². The van der Waals surface area contributed by atoms with Crippen molar-refractivity contribution in [3.8, 4) is 0 Å². The Hall–Kier alpha value is -2.25. The highest BCUT2D eigenvalue weighted by molar-refractivity contribution is 7.89. The van der Waals surface area contributed by atoms with Crippen LogP contribution in [0.5, 0.6) is 0 Å². The number of amides is 1. The van der Waals surface area contributed by atoms with Crippen molar-refractivity contribution in [2.45, 2.75) is 45.6 Å². The number of benzene rings is 1. The van der Waals surface area contributed by atoms with Crippen LogP contribution >= 0.6 is 0 Å². The van der Waals surface area contributed by atoms with E-state index in [-0.39, 0.29) is 4.90 Å². The van der Waals surface area contributed by atoms with Crippen molar-refractivity contribution >= 4 is 21.6 Å². The van der Waals surface area contributed by atoms with Gasteiger partial charge in [0.1, 0.15) is 0 Å². The van der Waals surface area contributed by atoms with Crippen LogP contribution in [0.1, 0.15) is 29.2 Å². The van der Waals surface area contributed by atoms with E-state index in [0.717, 1.165) is 11.1 Å². The molecule has 2 aromatic rings. The summed E-state index contributed by atoms with van der Waals surface area (Å²) in [5, 5.41) is 2.66. The van der Waals surface area contributed by atoms with Crippen molar-refractivity contribution in [3.05, 3.63) is 52.8 Å². The van der Waals surface area contributed by atoms with Gasteiger partial charge in [-0.15, -0.1) is 0 Å². The molecule has 0 fully saturated rings. The summed E-state index contributed by atoms with van der Waals surface area (Å²) in [5.74, 6) is -0.436. The first-order chi connectivity index (χ1) is 11.6. The minimum atomic E-state index is -3.83. The highest BCUT2D eigenvalue weighted by Crippen LogP contribution is 2.26. The molecule has 1 amide bonds. The highest BCUT2D eigenvalue weighted by Gasteiger charge is 2.26. The second kappa shape index (κ2) is 7.33. The van der Waals surface area contributed by atoms with E-state index in [9.17, 15) is 13.2 Å². The number of carbonyl (C=O) groups excluding carboxylic acids is 1. The largest absolute Gasteiger partial charge is 0.325 e. The van der Waals surface area contributed by atoms with Gasteiger partial charge in [-0.3, -0.25) is 9.78 Å². The third kappa shape index (κ3) is 4.24. The molecule has 1 atom stereocenters. The Labute approximate surface area is 148 Å². The van der Waals surface area contributed by atoms with Gasteiger partial charge in [0, 0.05) is 18.1 Å². The molecule has 0 spiro atoms. The lowest BCUT2D eigenvalue weighted by atomic mass is 10.0. The van der Waals surface area contributed by atoms with E-state index < -0.39 is 22.0 Å². The van der Waals surface area contributed by atoms with Crippen LogP contribution in [0.25, 0.3) is 0 Å². The van der Waals surface area contributed by atoms with Crippen LogP contribution in [0.4, 0.5) is 5.69 Å². The average Bonchev–Trinajstić information content (AvgIpc) is 2.53. The highest BCUT2D eigenvalue weighted by atomic mass is 32.2. The van der Waals surface area contributed by atoms with Crippen molar-refractivity contribution in [1.82, 2.24) is 9.71 Å². The van der Waals surface area contributed by atoms with Gasteiger partial charge in [0.05, 0.1) is 10.9 Å². The molecular weight excluding hydrogens is 338 g/mol. The number of aryl methyl sites for hydroxylation is 2. The Balaban J connectivity index is 2.26. The van der Waals surface area contributed by atoms with Gasteiger partial charge in [-0.1, -0.05) is 6.07 Å². The minimum absolute atomic E-state index is 0.244. The molecule has 0 aliphatic carbocycles. The van der Waals surface area contributed by atoms with Crippen molar-refractivity contribution in [1.29, 1.82) is 0 Å². The topological polar surface area (TPSA) is 88.2 Å². The van der Waals surface area contributed by atoms with Gasteiger partial charge in [0.25, 0.3) is 0 Å². The summed E-state index contributed by atoms with van der Waals surface area (Å²) in [6.07, 6.45) is 3.10. The zero-order valence-corrected chi connectivity index (χ0v) is 15.9. The van der Waals surface area contributed by atoms with Gasteiger partial charge < -0.3 is 5.32 Å². The number of sulfonamides is 1. The Morgan fingerprint density at radius 1 is 1.04 bits per heavy atom. The van der Waals surface area contributed by atoms with Gasteiger partial charge in [-0.2, -0.15) is 4.72 Å². The van der Waals surface area contributed by atoms with Crippen LogP contribution in [0.2, 0.25) is 0 Å². The number of hydrogen-bond donors (Lipinski definition) is 2. The molecule has 134 valence electrons. The van der Waals surface area contributed by atoms with E-state index in [1.165, 1.54) is 6.92 Å². The molecule has 0 saturated heterocycles. The maximum absolute atomic E-state index is 12.8. The predicted octanol–water partition coefficient (Wildman–Crippen LogP) is 2.62. The molecule has 0 radical (unpaired) electrons. The van der Waals surface area contributed by atoms with E-state index in [1.54, 1.807) is 38.4 Å². The quantitative estimate of drug-likeness (QED) is 0.857. The predicted molar refractivity (Wildman–Crippen MR) is 98.0 cm³/mol. The van der Waals surface area contributed by atoms with E-state index in [4.69, 9.17) is 0 Å². The van der Waals surface area contributed by atoms with E-state index in [0.29, 0.717) is 16.8 Å². The molecule has 25 heavy (non-hydrogen) atoms. The number of anilines is 1. The normalized spacial score (nSPS) is 12.7. The molecule has 0 aliphatic heterocycles. The number of nitrogens with one attached hydrogen (secondary N) is 2. The molecule has 0 unspecified atom stereocenters. The number of aromatic nitrogens is 1. The molecule has 2 rings (SSSR count). The zero-order chi connectivity index (χ0) is 18.8. The van der Waals surface area contributed by atoms with Gasteiger partial charge in [-0.25, -0.2) is 8.42 Å². The summed E-state index contributed by atoms with van der Waals surface area (Å²) in [7, 11) is -3.83. The Kier molecular flexibility index (Phi) is 5.59. The van der Waals surface area contributed by atoms with Crippen LogP contribution in [-0.4, -0.2) is 25.4 Å². The SMILES string of the molecule is Cc1cc(C)c(C)c(S(=O)(=O)N[C@@H](C)C(=O)Nc2ccncc2)c1C. The lowest BCUT2D eigenvalue weighted by Crippen LogP contribution is -2.42. The summed E-state index contributed by atoms with van der Waals surface area (Å²) in [5.41, 5.74) is 3.74. The number of pyridine rings is 1. The van der Waals surface area contributed by atoms with E-state index >= 15 is 0 Å². The second-order valence-electron chi connectivity index (χ2n) is 6.16. The number of nitrogens with zero attached hydrogens (tertiary/aromatic N) is 1. The molecular formula is C18H23N3O3S. The first-order valence-corrected chi connectivity index (χ1v) is 9.42. The van der Waals surface area contributed by atoms with Crippen LogP contribution in [0, 0.1) is 27.7 Å². The van der Waals surface area contributed by atoms with Crippen LogP contribution < -0.4 is 10.0 Å². The van der Waals surface area contributed by atoms with Crippen LogP contribution in [0.15, 0.2) is 35.5 Å². The second-order valence-corrected chi connectivity index (χ2v) is 7.81. The lowest BCUT2D eigenvalue weighted by Gasteiger charge is -2.19. The fraction of sp³-hybridized carbons (Fsp3) is 0.333. The number of hydrogen-bond acceptors (Lipinski definition) is 4. The van der Waals surface area contributed by atoms with Gasteiger partial charge in [0.15, 0.2) is 0 Å². The smallest absolute Gasteiger partial charge is 0.242 e. The molecule has 2 N–H and O–H groups in total. The van der Waals surface area contributed by atoms with Gasteiger partial charge in [0.2, 0.25) is 15.9 Å². The summed E-state index contributed by atoms with van der Waals surface area (Å²) in [6.45, 7) is 8.82. The Bertz CT molecular complexity index is 867. The Morgan fingerprint density at radius 3 is 2.08 bits per heavy atom. The zero-order valence-electron chi connectivity index (χ0n) is 15.0. The molecule has 6 nitrogen and oxygen atoms in total. The maximum Gasteiger partial charge on any atom is 0.242 e. The third-order valence-corrected chi connectivity index (χ3v) is 6.05. The molecule has 1 aromatic heterocycles. The minimum Gasteiger partial charge on any atom is -0.325 e. The Morgan fingerprint density at radius 2 is 1.56 bits per heavy atom. The monoisotopic (exact) mass is 361 g/mol. The van der Waals surface area contributed by atoms with Crippen LogP contribution in [0.3, 0.4) is 0 Å². The maximum atomic E-state index is 12.8. The molecule has 1 heterocycles. The first kappa shape index (κ1) is 19.1.